The van der Waals surface area contributed by atoms with Gasteiger partial charge in [-0.15, -0.1) is 0 Å². The molecule has 0 amide bonds. The molecule has 0 bridgehead atoms. The molecule has 2 saturated heterocycles. The summed E-state index contributed by atoms with van der Waals surface area (Å²) in [5, 5.41) is 0.762. The van der Waals surface area contributed by atoms with Gasteiger partial charge in [0.2, 0.25) is 11.9 Å². The average molecular weight is 716 g/mol. The van der Waals surface area contributed by atoms with E-state index in [1.165, 1.54) is 6.07 Å². The zero-order chi connectivity index (χ0) is 35.3. The number of aromatic nitrogens is 4. The number of hydrogen-bond donors (Lipinski definition) is 2. The van der Waals surface area contributed by atoms with Crippen LogP contribution in [0, 0.1) is 6.92 Å². The summed E-state index contributed by atoms with van der Waals surface area (Å²) < 4.78 is 38.3. The van der Waals surface area contributed by atoms with Crippen molar-refractivity contribution < 1.29 is 22.8 Å². The number of piperidine rings is 2. The lowest BCUT2D eigenvalue weighted by atomic mass is 10.0. The van der Waals surface area contributed by atoms with Crippen LogP contribution in [0.5, 0.6) is 0 Å². The number of hydrogen-bond acceptors (Lipinski definition) is 10. The van der Waals surface area contributed by atoms with E-state index in [1.54, 1.807) is 12.4 Å². The first-order valence-electron chi connectivity index (χ1n) is 15.6. The summed E-state index contributed by atoms with van der Waals surface area (Å²) in [6.45, 7) is 4.39. The van der Waals surface area contributed by atoms with Crippen LogP contribution in [0.2, 0.25) is 10.0 Å². The van der Waals surface area contributed by atoms with Crippen molar-refractivity contribution in [3.8, 4) is 0 Å². The fourth-order valence-corrected chi connectivity index (χ4v) is 6.18. The molecular weight excluding hydrogens is 680 g/mol. The van der Waals surface area contributed by atoms with Crippen LogP contribution in [0.4, 0.5) is 36.7 Å². The molecule has 15 heteroatoms. The number of rotatable bonds is 6. The van der Waals surface area contributed by atoms with Gasteiger partial charge in [-0.2, -0.15) is 23.1 Å². The summed E-state index contributed by atoms with van der Waals surface area (Å²) in [6, 6.07) is 9.28. The van der Waals surface area contributed by atoms with Gasteiger partial charge in [0.15, 0.2) is 0 Å². The zero-order valence-electron chi connectivity index (χ0n) is 26.7. The van der Waals surface area contributed by atoms with E-state index in [-0.39, 0.29) is 29.1 Å². The Hall–Kier alpha value is -4.49. The quantitative estimate of drug-likeness (QED) is 0.234. The van der Waals surface area contributed by atoms with E-state index in [4.69, 9.17) is 34.7 Å². The SMILES string of the molecule is Cc1ccc(Cc2cnc(N)nc2N2CCC(=O)CC2)c(Cl)c1.Nc1ncc(Cc2ccc(C(F)(F)F)cc2Cl)c(N2CCC(=O)CC2)n1. The van der Waals surface area contributed by atoms with Crippen LogP contribution >= 0.6 is 23.2 Å². The topological polar surface area (TPSA) is 144 Å². The summed E-state index contributed by atoms with van der Waals surface area (Å²) in [5.41, 5.74) is 15.0. The first-order valence-corrected chi connectivity index (χ1v) is 16.4. The number of alkyl halides is 3. The first-order chi connectivity index (χ1) is 23.3. The van der Waals surface area contributed by atoms with Crippen molar-refractivity contribution >= 4 is 58.3 Å². The molecule has 2 aliphatic heterocycles. The fourth-order valence-electron chi connectivity index (χ4n) is 5.63. The van der Waals surface area contributed by atoms with Crippen molar-refractivity contribution in [1.29, 1.82) is 0 Å². The van der Waals surface area contributed by atoms with Crippen LogP contribution in [0.15, 0.2) is 48.8 Å². The maximum absolute atomic E-state index is 12.8. The predicted octanol–water partition coefficient (Wildman–Crippen LogP) is 6.27. The molecule has 0 aliphatic carbocycles. The minimum absolute atomic E-state index is 0.0245. The van der Waals surface area contributed by atoms with Gasteiger partial charge in [0.25, 0.3) is 0 Å². The Bertz CT molecular complexity index is 1840. The number of anilines is 4. The third-order valence-corrected chi connectivity index (χ3v) is 9.02. The van der Waals surface area contributed by atoms with Crippen LogP contribution in [-0.2, 0) is 28.6 Å². The van der Waals surface area contributed by atoms with Crippen molar-refractivity contribution in [2.45, 2.75) is 51.6 Å². The van der Waals surface area contributed by atoms with Crippen molar-refractivity contribution in [3.63, 3.8) is 0 Å². The van der Waals surface area contributed by atoms with Gasteiger partial charge < -0.3 is 21.3 Å². The molecule has 2 fully saturated rings. The Morgan fingerprint density at radius 1 is 0.694 bits per heavy atom. The minimum Gasteiger partial charge on any atom is -0.368 e. The highest BCUT2D eigenvalue weighted by Gasteiger charge is 2.31. The Labute approximate surface area is 291 Å². The second kappa shape index (κ2) is 15.4. The summed E-state index contributed by atoms with van der Waals surface area (Å²) in [5.74, 6) is 2.22. The largest absolute Gasteiger partial charge is 0.416 e. The molecule has 0 radical (unpaired) electrons. The molecule has 2 aliphatic rings. The molecule has 0 spiro atoms. The van der Waals surface area contributed by atoms with Crippen LogP contribution in [0.3, 0.4) is 0 Å². The van der Waals surface area contributed by atoms with Gasteiger partial charge in [0.05, 0.1) is 5.56 Å². The number of Topliss-reactive ketones (excluding diaryl/α,β-unsaturated/α-hetero) is 2. The van der Waals surface area contributed by atoms with E-state index >= 15 is 0 Å². The van der Waals surface area contributed by atoms with Crippen LogP contribution in [0.25, 0.3) is 0 Å². The lowest BCUT2D eigenvalue weighted by Crippen LogP contribution is -2.35. The summed E-state index contributed by atoms with van der Waals surface area (Å²) >= 11 is 12.4. The molecular formula is C34H35Cl2F3N8O2. The molecule has 49 heavy (non-hydrogen) atoms. The number of nitrogens with zero attached hydrogens (tertiary/aromatic N) is 6. The zero-order valence-corrected chi connectivity index (χ0v) is 28.2. The Balaban J connectivity index is 0.000000192. The molecule has 4 heterocycles. The molecule has 0 unspecified atom stereocenters. The number of nitrogen functional groups attached to an aromatic ring is 2. The second-order valence-corrected chi connectivity index (χ2v) is 12.8. The lowest BCUT2D eigenvalue weighted by Gasteiger charge is -2.28. The molecule has 0 atom stereocenters. The predicted molar refractivity (Wildman–Crippen MR) is 184 cm³/mol. The fraction of sp³-hybridized carbons (Fsp3) is 0.353. The van der Waals surface area contributed by atoms with E-state index in [0.717, 1.165) is 39.7 Å². The standard InChI is InChI=1S/C17H16ClF3N4O.C17H19ClN4O/c18-14-8-12(17(19,20)21)2-1-10(14)7-11-9-23-16(22)24-15(11)25-5-3-13(26)4-6-25;1-11-2-3-12(15(18)8-11)9-13-10-20-17(19)21-16(13)22-6-4-14(23)5-7-22/h1-2,8-9H,3-7H2,(H2,22,23,24);2-3,8,10H,4-7,9H2,1H3,(H2,19,20,21). The monoisotopic (exact) mass is 714 g/mol. The summed E-state index contributed by atoms with van der Waals surface area (Å²) in [7, 11) is 0. The van der Waals surface area contributed by atoms with Gasteiger partial charge in [-0.1, -0.05) is 41.4 Å². The number of carbonyl (C=O) groups is 2. The van der Waals surface area contributed by atoms with E-state index in [0.29, 0.717) is 81.0 Å². The third-order valence-electron chi connectivity index (χ3n) is 8.31. The molecule has 2 aromatic heterocycles. The summed E-state index contributed by atoms with van der Waals surface area (Å²) in [4.78, 5) is 43.7. The highest BCUT2D eigenvalue weighted by atomic mass is 35.5. The second-order valence-electron chi connectivity index (χ2n) is 12.0. The lowest BCUT2D eigenvalue weighted by molar-refractivity contribution is -0.137. The Morgan fingerprint density at radius 2 is 1.12 bits per heavy atom. The molecule has 4 aromatic rings. The molecule has 10 nitrogen and oxygen atoms in total. The van der Waals surface area contributed by atoms with Crippen molar-refractivity contribution in [2.75, 3.05) is 47.4 Å². The highest BCUT2D eigenvalue weighted by molar-refractivity contribution is 6.31. The van der Waals surface area contributed by atoms with Crippen LogP contribution in [-0.4, -0.2) is 57.7 Å². The maximum Gasteiger partial charge on any atom is 0.416 e. The molecule has 2 aromatic carbocycles. The molecule has 0 saturated carbocycles. The molecule has 4 N–H and O–H groups in total. The molecule has 6 rings (SSSR count). The smallest absolute Gasteiger partial charge is 0.368 e. The number of aryl methyl sites for hydroxylation is 1. The number of halogens is 5. The van der Waals surface area contributed by atoms with E-state index in [1.807, 2.05) is 30.0 Å². The van der Waals surface area contributed by atoms with Gasteiger partial charge in [-0.25, -0.2) is 9.97 Å². The number of nitrogens with two attached hydrogens (primary N) is 2. The van der Waals surface area contributed by atoms with E-state index in [2.05, 4.69) is 24.8 Å². The Morgan fingerprint density at radius 3 is 1.53 bits per heavy atom. The van der Waals surface area contributed by atoms with Crippen molar-refractivity contribution in [1.82, 2.24) is 19.9 Å². The van der Waals surface area contributed by atoms with Gasteiger partial charge in [-0.3, -0.25) is 9.59 Å². The van der Waals surface area contributed by atoms with Crippen molar-refractivity contribution in [3.05, 3.63) is 92.2 Å². The number of benzene rings is 2. The first kappa shape index (κ1) is 35.8. The van der Waals surface area contributed by atoms with Crippen LogP contribution < -0.4 is 21.3 Å². The number of carbonyl (C=O) groups excluding carboxylic acids is 2. The maximum atomic E-state index is 12.8. The average Bonchev–Trinajstić information content (AvgIpc) is 3.05. The summed E-state index contributed by atoms with van der Waals surface area (Å²) in [6.07, 6.45) is 1.69. The van der Waals surface area contributed by atoms with Gasteiger partial charge in [0, 0.05) is 98.3 Å². The minimum atomic E-state index is -4.45. The normalized spacial score (nSPS) is 15.2. The van der Waals surface area contributed by atoms with Gasteiger partial charge in [0.1, 0.15) is 23.2 Å². The Kier molecular flexibility index (Phi) is 11.2. The van der Waals surface area contributed by atoms with E-state index < -0.39 is 11.7 Å². The highest BCUT2D eigenvalue weighted by Crippen LogP contribution is 2.34. The van der Waals surface area contributed by atoms with E-state index in [9.17, 15) is 22.8 Å². The number of ketones is 2. The van der Waals surface area contributed by atoms with Gasteiger partial charge in [-0.05, 0) is 41.8 Å². The van der Waals surface area contributed by atoms with Gasteiger partial charge >= 0.3 is 6.18 Å². The van der Waals surface area contributed by atoms with Crippen LogP contribution in [0.1, 0.15) is 59.1 Å². The molecule has 258 valence electrons. The third kappa shape index (κ3) is 9.36. The van der Waals surface area contributed by atoms with Crippen molar-refractivity contribution in [2.24, 2.45) is 0 Å².